The van der Waals surface area contributed by atoms with Crippen molar-refractivity contribution in [3.63, 3.8) is 0 Å². The number of alkyl halides is 3. The Balaban J connectivity index is 1.59. The van der Waals surface area contributed by atoms with Crippen molar-refractivity contribution in [2.45, 2.75) is 18.6 Å². The lowest BCUT2D eigenvalue weighted by Crippen LogP contribution is -2.42. The molecule has 9 heteroatoms. The summed E-state index contributed by atoms with van der Waals surface area (Å²) in [4.78, 5) is 18.1. The standard InChI is InChI=1S/C25H17Cl2F3N2O2/c26-16-9-10-20-18(13-16)17-11-12-32(24(33)34-21-4-2-1-3-19(21)27)23(22(17)31-20)14-5-7-15(8-6-14)25(28,29)30/h1-10,13,23,31H,11-12H2. The highest BCUT2D eigenvalue weighted by molar-refractivity contribution is 6.32. The number of fused-ring (bicyclic) bond motifs is 3. The molecule has 1 aliphatic heterocycles. The highest BCUT2D eigenvalue weighted by Gasteiger charge is 2.37. The zero-order valence-corrected chi connectivity index (χ0v) is 19.0. The van der Waals surface area contributed by atoms with Gasteiger partial charge in [0.2, 0.25) is 0 Å². The third kappa shape index (κ3) is 4.10. The number of aromatic amines is 1. The van der Waals surface area contributed by atoms with E-state index in [9.17, 15) is 18.0 Å². The fourth-order valence-electron chi connectivity index (χ4n) is 4.34. The van der Waals surface area contributed by atoms with Crippen LogP contribution in [0.25, 0.3) is 10.9 Å². The molecule has 1 unspecified atom stereocenters. The molecule has 1 atom stereocenters. The lowest BCUT2D eigenvalue weighted by atomic mass is 9.92. The van der Waals surface area contributed by atoms with E-state index >= 15 is 0 Å². The van der Waals surface area contributed by atoms with E-state index in [1.54, 1.807) is 30.3 Å². The molecule has 0 saturated heterocycles. The Labute approximate surface area is 202 Å². The van der Waals surface area contributed by atoms with Crippen LogP contribution in [0.3, 0.4) is 0 Å². The summed E-state index contributed by atoms with van der Waals surface area (Å²) in [5.41, 5.74) is 2.25. The summed E-state index contributed by atoms with van der Waals surface area (Å²) >= 11 is 12.3. The number of nitrogens with zero attached hydrogens (tertiary/aromatic N) is 1. The lowest BCUT2D eigenvalue weighted by Gasteiger charge is -2.35. The van der Waals surface area contributed by atoms with Crippen LogP contribution in [0, 0.1) is 0 Å². The van der Waals surface area contributed by atoms with Crippen LogP contribution in [0.5, 0.6) is 5.75 Å². The molecule has 0 bridgehead atoms. The maximum atomic E-state index is 13.2. The van der Waals surface area contributed by atoms with Gasteiger partial charge in [0.25, 0.3) is 0 Å². The molecular formula is C25H17Cl2F3N2O2. The summed E-state index contributed by atoms with van der Waals surface area (Å²) in [7, 11) is 0. The summed E-state index contributed by atoms with van der Waals surface area (Å²) in [5, 5.41) is 1.76. The Morgan fingerprint density at radius 3 is 2.47 bits per heavy atom. The van der Waals surface area contributed by atoms with Crippen molar-refractivity contribution in [3.8, 4) is 5.75 Å². The molecule has 4 aromatic rings. The zero-order chi connectivity index (χ0) is 24.0. The van der Waals surface area contributed by atoms with Crippen LogP contribution in [0.4, 0.5) is 18.0 Å². The average Bonchev–Trinajstić information content (AvgIpc) is 3.17. The van der Waals surface area contributed by atoms with Crippen LogP contribution in [0.15, 0.2) is 66.7 Å². The van der Waals surface area contributed by atoms with Crippen molar-refractivity contribution in [3.05, 3.63) is 99.2 Å². The molecule has 2 heterocycles. The zero-order valence-electron chi connectivity index (χ0n) is 17.5. The van der Waals surface area contributed by atoms with E-state index in [0.717, 1.165) is 28.6 Å². The molecular weight excluding hydrogens is 488 g/mol. The molecule has 0 fully saturated rings. The van der Waals surface area contributed by atoms with Gasteiger partial charge in [-0.2, -0.15) is 13.2 Å². The van der Waals surface area contributed by atoms with Crippen LogP contribution < -0.4 is 4.74 Å². The van der Waals surface area contributed by atoms with Gasteiger partial charge >= 0.3 is 12.3 Å². The minimum absolute atomic E-state index is 0.203. The molecule has 0 spiro atoms. The van der Waals surface area contributed by atoms with Gasteiger partial charge in [0.1, 0.15) is 6.04 Å². The van der Waals surface area contributed by atoms with Crippen molar-refractivity contribution in [2.75, 3.05) is 6.54 Å². The van der Waals surface area contributed by atoms with E-state index in [0.29, 0.717) is 29.2 Å². The Morgan fingerprint density at radius 2 is 1.76 bits per heavy atom. The number of carbonyl (C=O) groups is 1. The van der Waals surface area contributed by atoms with Gasteiger partial charge in [0.15, 0.2) is 5.75 Å². The molecule has 0 aliphatic carbocycles. The number of nitrogens with one attached hydrogen (secondary N) is 1. The SMILES string of the molecule is O=C(Oc1ccccc1Cl)N1CCc2c([nH]c3ccc(Cl)cc23)C1c1ccc(C(F)(F)F)cc1. The van der Waals surface area contributed by atoms with E-state index in [1.807, 2.05) is 12.1 Å². The van der Waals surface area contributed by atoms with Crippen LogP contribution in [-0.2, 0) is 12.6 Å². The van der Waals surface area contributed by atoms with Gasteiger partial charge < -0.3 is 9.72 Å². The van der Waals surface area contributed by atoms with Crippen molar-refractivity contribution >= 4 is 40.2 Å². The molecule has 1 aliphatic rings. The summed E-state index contributed by atoms with van der Waals surface area (Å²) in [6, 6.07) is 16.1. The number of ether oxygens (including phenoxy) is 1. The quantitative estimate of drug-likeness (QED) is 0.304. The highest BCUT2D eigenvalue weighted by Crippen LogP contribution is 2.40. The predicted octanol–water partition coefficient (Wildman–Crippen LogP) is 7.64. The number of hydrogen-bond donors (Lipinski definition) is 1. The normalized spacial score (nSPS) is 15.9. The van der Waals surface area contributed by atoms with Gasteiger partial charge in [-0.15, -0.1) is 0 Å². The van der Waals surface area contributed by atoms with Gasteiger partial charge in [0, 0.05) is 28.2 Å². The molecule has 1 aromatic heterocycles. The minimum atomic E-state index is -4.46. The number of rotatable bonds is 2. The van der Waals surface area contributed by atoms with Crippen LogP contribution in [0.2, 0.25) is 10.0 Å². The second kappa shape index (κ2) is 8.56. The van der Waals surface area contributed by atoms with E-state index in [-0.39, 0.29) is 10.8 Å². The lowest BCUT2D eigenvalue weighted by molar-refractivity contribution is -0.137. The summed E-state index contributed by atoms with van der Waals surface area (Å²) in [6.45, 7) is 0.293. The Hall–Kier alpha value is -3.16. The highest BCUT2D eigenvalue weighted by atomic mass is 35.5. The first-order chi connectivity index (χ1) is 16.2. The third-order valence-corrected chi connectivity index (χ3v) is 6.46. The largest absolute Gasteiger partial charge is 0.416 e. The summed E-state index contributed by atoms with van der Waals surface area (Å²) in [6.07, 6.45) is -4.60. The second-order valence-corrected chi connectivity index (χ2v) is 8.81. The number of H-pyrrole nitrogens is 1. The Morgan fingerprint density at radius 1 is 1.03 bits per heavy atom. The van der Waals surface area contributed by atoms with Crippen molar-refractivity contribution in [1.29, 1.82) is 0 Å². The molecule has 0 radical (unpaired) electrons. The summed E-state index contributed by atoms with van der Waals surface area (Å²) < 4.78 is 45.0. The predicted molar refractivity (Wildman–Crippen MR) is 124 cm³/mol. The van der Waals surface area contributed by atoms with Crippen LogP contribution in [0.1, 0.15) is 28.4 Å². The molecule has 1 amide bonds. The maximum Gasteiger partial charge on any atom is 0.416 e. The number of amides is 1. The number of para-hydroxylation sites is 1. The topological polar surface area (TPSA) is 45.3 Å². The molecule has 34 heavy (non-hydrogen) atoms. The average molecular weight is 505 g/mol. The van der Waals surface area contributed by atoms with E-state index < -0.39 is 23.9 Å². The molecule has 4 nitrogen and oxygen atoms in total. The monoisotopic (exact) mass is 504 g/mol. The van der Waals surface area contributed by atoms with E-state index in [1.165, 1.54) is 17.0 Å². The van der Waals surface area contributed by atoms with Gasteiger partial charge in [-0.05, 0) is 60.0 Å². The second-order valence-electron chi connectivity index (χ2n) is 7.97. The maximum absolute atomic E-state index is 13.2. The number of halogens is 5. The van der Waals surface area contributed by atoms with Gasteiger partial charge in [0.05, 0.1) is 10.6 Å². The molecule has 3 aromatic carbocycles. The van der Waals surface area contributed by atoms with E-state index in [2.05, 4.69) is 4.98 Å². The first kappa shape index (κ1) is 22.6. The van der Waals surface area contributed by atoms with Crippen molar-refractivity contribution < 1.29 is 22.7 Å². The van der Waals surface area contributed by atoms with E-state index in [4.69, 9.17) is 27.9 Å². The first-order valence-corrected chi connectivity index (χ1v) is 11.2. The van der Waals surface area contributed by atoms with Gasteiger partial charge in [-0.25, -0.2) is 4.79 Å². The molecule has 174 valence electrons. The van der Waals surface area contributed by atoms with Gasteiger partial charge in [-0.3, -0.25) is 4.90 Å². The smallest absolute Gasteiger partial charge is 0.409 e. The van der Waals surface area contributed by atoms with Crippen LogP contribution in [-0.4, -0.2) is 22.5 Å². The minimum Gasteiger partial charge on any atom is -0.409 e. The fourth-order valence-corrected chi connectivity index (χ4v) is 4.68. The fraction of sp³-hybridized carbons (Fsp3) is 0.160. The summed E-state index contributed by atoms with van der Waals surface area (Å²) in [5.74, 6) is 0.203. The number of aromatic nitrogens is 1. The molecule has 0 saturated carbocycles. The van der Waals surface area contributed by atoms with Crippen molar-refractivity contribution in [2.24, 2.45) is 0 Å². The number of benzene rings is 3. The number of hydrogen-bond acceptors (Lipinski definition) is 2. The molecule has 5 rings (SSSR count). The number of carbonyl (C=O) groups excluding carboxylic acids is 1. The first-order valence-electron chi connectivity index (χ1n) is 10.4. The Bertz CT molecular complexity index is 1380. The Kier molecular flexibility index (Phi) is 5.70. The van der Waals surface area contributed by atoms with Crippen molar-refractivity contribution in [1.82, 2.24) is 9.88 Å². The van der Waals surface area contributed by atoms with Crippen LogP contribution >= 0.6 is 23.2 Å². The van der Waals surface area contributed by atoms with Gasteiger partial charge in [-0.1, -0.05) is 47.5 Å². The third-order valence-electron chi connectivity index (χ3n) is 5.91. The molecule has 1 N–H and O–H groups in total.